The van der Waals surface area contributed by atoms with Gasteiger partial charge in [-0.1, -0.05) is 5.16 Å². The first-order valence-corrected chi connectivity index (χ1v) is 5.83. The smallest absolute Gasteiger partial charge is 0.257 e. The second-order valence-electron chi connectivity index (χ2n) is 4.37. The molecule has 2 heterocycles. The third-order valence-electron chi connectivity index (χ3n) is 2.66. The number of hydrogen-bond donors (Lipinski definition) is 2. The summed E-state index contributed by atoms with van der Waals surface area (Å²) in [6, 6.07) is 1.81. The summed E-state index contributed by atoms with van der Waals surface area (Å²) in [6.07, 6.45) is 2.22. The maximum Gasteiger partial charge on any atom is 0.257 e. The third-order valence-corrected chi connectivity index (χ3v) is 2.66. The van der Waals surface area contributed by atoms with E-state index in [9.17, 15) is 4.79 Å². The van der Waals surface area contributed by atoms with Crippen molar-refractivity contribution >= 4 is 29.4 Å². The number of halogens is 1. The van der Waals surface area contributed by atoms with E-state index in [-0.39, 0.29) is 24.4 Å². The molecule has 2 aromatic rings. The summed E-state index contributed by atoms with van der Waals surface area (Å²) < 4.78 is 4.99. The van der Waals surface area contributed by atoms with Gasteiger partial charge in [0.05, 0.1) is 16.6 Å². The van der Waals surface area contributed by atoms with Crippen molar-refractivity contribution in [3.05, 3.63) is 23.5 Å². The molecule has 0 spiro atoms. The van der Waals surface area contributed by atoms with Crippen LogP contribution in [0.25, 0.3) is 11.1 Å². The van der Waals surface area contributed by atoms with Crippen LogP contribution in [-0.2, 0) is 0 Å². The molecule has 3 N–H and O–H groups in total. The van der Waals surface area contributed by atoms with E-state index in [2.05, 4.69) is 15.5 Å². The van der Waals surface area contributed by atoms with Crippen LogP contribution in [-0.4, -0.2) is 28.6 Å². The van der Waals surface area contributed by atoms with E-state index < -0.39 is 0 Å². The lowest BCUT2D eigenvalue weighted by Gasteiger charge is -2.06. The Hall–Kier alpha value is -1.66. The van der Waals surface area contributed by atoms with Crippen LogP contribution in [0.3, 0.4) is 0 Å². The van der Waals surface area contributed by atoms with Crippen LogP contribution >= 0.6 is 12.4 Å². The van der Waals surface area contributed by atoms with Crippen molar-refractivity contribution in [3.8, 4) is 0 Å². The molecular weight excluding hydrogens is 268 g/mol. The number of carbonyl (C=O) groups excluding carboxylic acids is 1. The molecule has 2 rings (SSSR count). The first-order valence-electron chi connectivity index (χ1n) is 5.83. The van der Waals surface area contributed by atoms with Gasteiger partial charge in [-0.05, 0) is 26.3 Å². The molecule has 7 heteroatoms. The Kier molecular flexibility index (Phi) is 5.26. The molecule has 0 saturated carbocycles. The van der Waals surface area contributed by atoms with E-state index in [0.717, 1.165) is 17.5 Å². The molecular formula is C12H17ClN4O2. The van der Waals surface area contributed by atoms with Gasteiger partial charge in [-0.25, -0.2) is 4.98 Å². The van der Waals surface area contributed by atoms with Crippen molar-refractivity contribution in [1.29, 1.82) is 0 Å². The molecule has 2 aromatic heterocycles. The monoisotopic (exact) mass is 284 g/mol. The fourth-order valence-electron chi connectivity index (χ4n) is 1.58. The van der Waals surface area contributed by atoms with Crippen molar-refractivity contribution in [3.63, 3.8) is 0 Å². The Morgan fingerprint density at radius 3 is 3.00 bits per heavy atom. The van der Waals surface area contributed by atoms with Crippen molar-refractivity contribution < 1.29 is 9.32 Å². The summed E-state index contributed by atoms with van der Waals surface area (Å²) in [4.78, 5) is 15.9. The molecule has 0 fully saturated rings. The molecule has 1 atom stereocenters. The zero-order chi connectivity index (χ0) is 13.1. The highest BCUT2D eigenvalue weighted by molar-refractivity contribution is 5.96. The Bertz CT molecular complexity index is 568. The zero-order valence-electron chi connectivity index (χ0n) is 10.8. The maximum absolute atomic E-state index is 11.9. The summed E-state index contributed by atoms with van der Waals surface area (Å²) in [6.45, 7) is 4.27. The second-order valence-corrected chi connectivity index (χ2v) is 4.37. The highest BCUT2D eigenvalue weighted by Gasteiger charge is 2.11. The van der Waals surface area contributed by atoms with E-state index >= 15 is 0 Å². The molecule has 0 aliphatic rings. The van der Waals surface area contributed by atoms with Gasteiger partial charge in [-0.3, -0.25) is 4.79 Å². The summed E-state index contributed by atoms with van der Waals surface area (Å²) in [7, 11) is 0. The minimum Gasteiger partial charge on any atom is -0.352 e. The Morgan fingerprint density at radius 1 is 1.58 bits per heavy atom. The van der Waals surface area contributed by atoms with Crippen molar-refractivity contribution in [2.75, 3.05) is 6.54 Å². The average Bonchev–Trinajstić information content (AvgIpc) is 2.70. The van der Waals surface area contributed by atoms with Crippen molar-refractivity contribution in [2.45, 2.75) is 26.3 Å². The number of nitrogens with two attached hydrogens (primary N) is 1. The van der Waals surface area contributed by atoms with Gasteiger partial charge in [0.15, 0.2) is 0 Å². The first kappa shape index (κ1) is 15.4. The predicted octanol–water partition coefficient (Wildman–Crippen LogP) is 1.42. The van der Waals surface area contributed by atoms with Gasteiger partial charge < -0.3 is 15.6 Å². The van der Waals surface area contributed by atoms with Gasteiger partial charge in [0.2, 0.25) is 0 Å². The minimum atomic E-state index is -0.161. The summed E-state index contributed by atoms with van der Waals surface area (Å²) in [5.74, 6) is -0.161. The SMILES string of the molecule is Cc1noc2ncc(C(=O)NCCC(C)N)cc12.Cl. The van der Waals surface area contributed by atoms with Gasteiger partial charge in [0.1, 0.15) is 0 Å². The molecule has 0 saturated heterocycles. The molecule has 104 valence electrons. The van der Waals surface area contributed by atoms with Crippen LogP contribution in [0.1, 0.15) is 29.4 Å². The lowest BCUT2D eigenvalue weighted by Crippen LogP contribution is -2.28. The van der Waals surface area contributed by atoms with E-state index in [1.54, 1.807) is 6.07 Å². The topological polar surface area (TPSA) is 94.0 Å². The van der Waals surface area contributed by atoms with E-state index in [1.165, 1.54) is 6.20 Å². The summed E-state index contributed by atoms with van der Waals surface area (Å²) in [5.41, 5.74) is 7.28. The van der Waals surface area contributed by atoms with E-state index in [1.807, 2.05) is 13.8 Å². The van der Waals surface area contributed by atoms with Gasteiger partial charge >= 0.3 is 0 Å². The number of aryl methyl sites for hydroxylation is 1. The summed E-state index contributed by atoms with van der Waals surface area (Å²) >= 11 is 0. The number of amides is 1. The van der Waals surface area contributed by atoms with Crippen LogP contribution in [0.4, 0.5) is 0 Å². The number of fused-ring (bicyclic) bond motifs is 1. The molecule has 0 aliphatic carbocycles. The van der Waals surface area contributed by atoms with Crippen LogP contribution in [0.2, 0.25) is 0 Å². The number of hydrogen-bond acceptors (Lipinski definition) is 5. The number of aromatic nitrogens is 2. The van der Waals surface area contributed by atoms with Gasteiger partial charge in [0.25, 0.3) is 11.6 Å². The molecule has 6 nitrogen and oxygen atoms in total. The molecule has 0 aliphatic heterocycles. The van der Waals surface area contributed by atoms with Gasteiger partial charge in [0, 0.05) is 18.8 Å². The molecule has 0 bridgehead atoms. The number of nitrogens with one attached hydrogen (secondary N) is 1. The molecule has 1 amide bonds. The highest BCUT2D eigenvalue weighted by Crippen LogP contribution is 2.16. The lowest BCUT2D eigenvalue weighted by atomic mass is 10.2. The summed E-state index contributed by atoms with van der Waals surface area (Å²) in [5, 5.41) is 7.35. The molecule has 1 unspecified atom stereocenters. The van der Waals surface area contributed by atoms with Crippen LogP contribution in [0.5, 0.6) is 0 Å². The standard InChI is InChI=1S/C12H16N4O2.ClH/c1-7(13)3-4-14-11(17)9-5-10-8(2)16-18-12(10)15-6-9;/h5-7H,3-4,13H2,1-2H3,(H,14,17);1H. The fourth-order valence-corrected chi connectivity index (χ4v) is 1.58. The number of pyridine rings is 1. The molecule has 0 aromatic carbocycles. The van der Waals surface area contributed by atoms with Gasteiger partial charge in [-0.15, -0.1) is 12.4 Å². The normalized spacial score (nSPS) is 11.9. The highest BCUT2D eigenvalue weighted by atomic mass is 35.5. The van der Waals surface area contributed by atoms with E-state index in [0.29, 0.717) is 17.8 Å². The number of nitrogens with zero attached hydrogens (tertiary/aromatic N) is 2. The van der Waals surface area contributed by atoms with E-state index in [4.69, 9.17) is 10.3 Å². The zero-order valence-corrected chi connectivity index (χ0v) is 11.7. The quantitative estimate of drug-likeness (QED) is 0.885. The van der Waals surface area contributed by atoms with Crippen molar-refractivity contribution in [2.24, 2.45) is 5.73 Å². The Labute approximate surface area is 117 Å². The molecule has 0 radical (unpaired) electrons. The predicted molar refractivity (Wildman–Crippen MR) is 74.4 cm³/mol. The number of rotatable bonds is 4. The minimum absolute atomic E-state index is 0. The van der Waals surface area contributed by atoms with Crippen LogP contribution in [0.15, 0.2) is 16.8 Å². The average molecular weight is 285 g/mol. The Morgan fingerprint density at radius 2 is 2.32 bits per heavy atom. The second kappa shape index (κ2) is 6.49. The lowest BCUT2D eigenvalue weighted by molar-refractivity contribution is 0.0952. The maximum atomic E-state index is 11.9. The fraction of sp³-hybridized carbons (Fsp3) is 0.417. The Balaban J connectivity index is 0.00000180. The van der Waals surface area contributed by atoms with Crippen LogP contribution in [0, 0.1) is 6.92 Å². The van der Waals surface area contributed by atoms with Crippen molar-refractivity contribution in [1.82, 2.24) is 15.5 Å². The molecule has 19 heavy (non-hydrogen) atoms. The third kappa shape index (κ3) is 3.65. The largest absolute Gasteiger partial charge is 0.352 e. The number of carbonyl (C=O) groups is 1. The first-order chi connectivity index (χ1) is 8.58. The van der Waals surface area contributed by atoms with Gasteiger partial charge in [-0.2, -0.15) is 0 Å². The van der Waals surface area contributed by atoms with Crippen LogP contribution < -0.4 is 11.1 Å².